The molecule has 0 bridgehead atoms. The van der Waals surface area contributed by atoms with Crippen molar-refractivity contribution in [3.05, 3.63) is 24.3 Å². The van der Waals surface area contributed by atoms with Gasteiger partial charge >= 0.3 is 0 Å². The van der Waals surface area contributed by atoms with E-state index in [0.29, 0.717) is 5.41 Å². The van der Waals surface area contributed by atoms with Crippen LogP contribution in [0.25, 0.3) is 11.0 Å². The Kier molecular flexibility index (Phi) is 2.94. The van der Waals surface area contributed by atoms with Crippen LogP contribution >= 0.6 is 11.6 Å². The van der Waals surface area contributed by atoms with E-state index in [9.17, 15) is 0 Å². The van der Waals surface area contributed by atoms with Crippen LogP contribution < -0.4 is 5.32 Å². The minimum atomic E-state index is 0.430. The Balaban J connectivity index is 1.77. The van der Waals surface area contributed by atoms with Crippen LogP contribution in [0, 0.1) is 5.41 Å². The first kappa shape index (κ1) is 11.8. The van der Waals surface area contributed by atoms with Crippen molar-refractivity contribution >= 4 is 28.6 Å². The number of hydrogen-bond donors (Lipinski definition) is 1. The van der Waals surface area contributed by atoms with Crippen molar-refractivity contribution in [2.75, 3.05) is 17.7 Å². The number of aryl methyl sites for hydroxylation is 1. The zero-order valence-electron chi connectivity index (χ0n) is 10.6. The van der Waals surface area contributed by atoms with E-state index < -0.39 is 0 Å². The Labute approximate surface area is 112 Å². The summed E-state index contributed by atoms with van der Waals surface area (Å²) in [5.74, 6) is 1.71. The van der Waals surface area contributed by atoms with Gasteiger partial charge in [-0.2, -0.15) is 0 Å². The minimum absolute atomic E-state index is 0.430. The van der Waals surface area contributed by atoms with E-state index in [0.717, 1.165) is 30.3 Å². The van der Waals surface area contributed by atoms with Crippen molar-refractivity contribution in [1.82, 2.24) is 9.55 Å². The average Bonchev–Trinajstić information content (AvgIpc) is 3.07. The number of hydrogen-bond acceptors (Lipinski definition) is 2. The van der Waals surface area contributed by atoms with Crippen LogP contribution in [-0.4, -0.2) is 22.0 Å². The SMILES string of the molecule is Cn1c(NCC2(CCCl)CC2)nc2ccccc21. The molecule has 1 N–H and O–H groups in total. The van der Waals surface area contributed by atoms with Crippen molar-refractivity contribution in [2.24, 2.45) is 12.5 Å². The van der Waals surface area contributed by atoms with E-state index >= 15 is 0 Å². The number of alkyl halides is 1. The molecule has 1 fully saturated rings. The van der Waals surface area contributed by atoms with Gasteiger partial charge in [-0.3, -0.25) is 0 Å². The normalized spacial score (nSPS) is 17.0. The van der Waals surface area contributed by atoms with Crippen molar-refractivity contribution in [2.45, 2.75) is 19.3 Å². The third kappa shape index (κ3) is 2.07. The van der Waals surface area contributed by atoms with Gasteiger partial charge in [0.25, 0.3) is 0 Å². The highest BCUT2D eigenvalue weighted by atomic mass is 35.5. The van der Waals surface area contributed by atoms with Crippen molar-refractivity contribution < 1.29 is 0 Å². The van der Waals surface area contributed by atoms with Crippen LogP contribution in [-0.2, 0) is 7.05 Å². The molecule has 0 aliphatic heterocycles. The van der Waals surface area contributed by atoms with Gasteiger partial charge < -0.3 is 9.88 Å². The van der Waals surface area contributed by atoms with Crippen LogP contribution in [0.2, 0.25) is 0 Å². The van der Waals surface area contributed by atoms with E-state index in [1.165, 1.54) is 18.4 Å². The Bertz CT molecular complexity index is 557. The lowest BCUT2D eigenvalue weighted by atomic mass is 10.0. The molecule has 1 saturated carbocycles. The molecule has 3 rings (SSSR count). The second-order valence-corrected chi connectivity index (χ2v) is 5.65. The fourth-order valence-electron chi connectivity index (χ4n) is 2.46. The maximum Gasteiger partial charge on any atom is 0.203 e. The van der Waals surface area contributed by atoms with Gasteiger partial charge in [0.15, 0.2) is 0 Å². The molecule has 1 aliphatic rings. The van der Waals surface area contributed by atoms with Crippen LogP contribution in [0.1, 0.15) is 19.3 Å². The predicted octanol–water partition coefficient (Wildman–Crippen LogP) is 3.39. The van der Waals surface area contributed by atoms with Crippen LogP contribution in [0.15, 0.2) is 24.3 Å². The molecule has 0 saturated heterocycles. The fraction of sp³-hybridized carbons (Fsp3) is 0.500. The first-order chi connectivity index (χ1) is 8.74. The third-order valence-electron chi connectivity index (χ3n) is 3.99. The summed E-state index contributed by atoms with van der Waals surface area (Å²) in [6, 6.07) is 8.21. The average molecular weight is 264 g/mol. The van der Waals surface area contributed by atoms with Gasteiger partial charge in [-0.1, -0.05) is 12.1 Å². The van der Waals surface area contributed by atoms with E-state index in [1.54, 1.807) is 0 Å². The molecule has 0 atom stereocenters. The number of para-hydroxylation sites is 2. The van der Waals surface area contributed by atoms with E-state index in [-0.39, 0.29) is 0 Å². The molecule has 96 valence electrons. The maximum atomic E-state index is 5.85. The number of anilines is 1. The number of fused-ring (bicyclic) bond motifs is 1. The number of nitrogens with one attached hydrogen (secondary N) is 1. The summed E-state index contributed by atoms with van der Waals surface area (Å²) in [7, 11) is 2.05. The van der Waals surface area contributed by atoms with Gasteiger partial charge in [0, 0.05) is 19.5 Å². The molecule has 1 aromatic heterocycles. The summed E-state index contributed by atoms with van der Waals surface area (Å²) >= 11 is 5.85. The Morgan fingerprint density at radius 3 is 2.83 bits per heavy atom. The lowest BCUT2D eigenvalue weighted by Crippen LogP contribution is -2.17. The van der Waals surface area contributed by atoms with Gasteiger partial charge in [-0.25, -0.2) is 4.98 Å². The Morgan fingerprint density at radius 2 is 2.17 bits per heavy atom. The number of halogens is 1. The van der Waals surface area contributed by atoms with E-state index in [4.69, 9.17) is 11.6 Å². The highest BCUT2D eigenvalue weighted by Crippen LogP contribution is 2.48. The summed E-state index contributed by atoms with van der Waals surface area (Å²) < 4.78 is 2.12. The molecule has 0 radical (unpaired) electrons. The molecule has 0 unspecified atom stereocenters. The molecular weight excluding hydrogens is 246 g/mol. The predicted molar refractivity (Wildman–Crippen MR) is 76.2 cm³/mol. The number of benzene rings is 1. The number of aromatic nitrogens is 2. The lowest BCUT2D eigenvalue weighted by molar-refractivity contribution is 0.522. The maximum absolute atomic E-state index is 5.85. The highest BCUT2D eigenvalue weighted by molar-refractivity contribution is 6.17. The number of nitrogens with zero attached hydrogens (tertiary/aromatic N) is 2. The molecule has 0 spiro atoms. The topological polar surface area (TPSA) is 29.9 Å². The summed E-state index contributed by atoms with van der Waals surface area (Å²) in [5.41, 5.74) is 2.65. The Morgan fingerprint density at radius 1 is 1.39 bits per heavy atom. The largest absolute Gasteiger partial charge is 0.355 e. The zero-order valence-corrected chi connectivity index (χ0v) is 11.4. The zero-order chi connectivity index (χ0) is 12.6. The standard InChI is InChI=1S/C14H18ClN3/c1-18-12-5-3-2-4-11(12)17-13(18)16-10-14(6-7-14)8-9-15/h2-5H,6-10H2,1H3,(H,16,17). The highest BCUT2D eigenvalue weighted by Gasteiger charge is 2.41. The van der Waals surface area contributed by atoms with Crippen molar-refractivity contribution in [3.63, 3.8) is 0 Å². The second-order valence-electron chi connectivity index (χ2n) is 5.28. The van der Waals surface area contributed by atoms with Gasteiger partial charge in [-0.05, 0) is 36.8 Å². The molecule has 4 heteroatoms. The number of rotatable bonds is 5. The second kappa shape index (κ2) is 4.47. The third-order valence-corrected chi connectivity index (χ3v) is 4.18. The fourth-order valence-corrected chi connectivity index (χ4v) is 2.86. The van der Waals surface area contributed by atoms with Gasteiger partial charge in [0.2, 0.25) is 5.95 Å². The molecule has 1 aliphatic carbocycles. The van der Waals surface area contributed by atoms with Crippen LogP contribution in [0.4, 0.5) is 5.95 Å². The molecule has 18 heavy (non-hydrogen) atoms. The molecule has 0 amide bonds. The van der Waals surface area contributed by atoms with Crippen LogP contribution in [0.3, 0.4) is 0 Å². The summed E-state index contributed by atoms with van der Waals surface area (Å²) in [5, 5.41) is 3.48. The molecule has 3 nitrogen and oxygen atoms in total. The lowest BCUT2D eigenvalue weighted by Gasteiger charge is -2.14. The van der Waals surface area contributed by atoms with Gasteiger partial charge in [0.1, 0.15) is 0 Å². The first-order valence-electron chi connectivity index (χ1n) is 6.45. The van der Waals surface area contributed by atoms with Gasteiger partial charge in [0.05, 0.1) is 11.0 Å². The summed E-state index contributed by atoms with van der Waals surface area (Å²) in [6.07, 6.45) is 3.68. The molecule has 1 heterocycles. The number of imidazole rings is 1. The molecular formula is C14H18ClN3. The minimum Gasteiger partial charge on any atom is -0.355 e. The quantitative estimate of drug-likeness (QED) is 0.838. The van der Waals surface area contributed by atoms with Crippen LogP contribution in [0.5, 0.6) is 0 Å². The monoisotopic (exact) mass is 263 g/mol. The molecule has 1 aromatic carbocycles. The summed E-state index contributed by atoms with van der Waals surface area (Å²) in [6.45, 7) is 0.983. The van der Waals surface area contributed by atoms with Crippen molar-refractivity contribution in [1.29, 1.82) is 0 Å². The Hall–Kier alpha value is -1.22. The van der Waals surface area contributed by atoms with E-state index in [2.05, 4.69) is 28.0 Å². The van der Waals surface area contributed by atoms with Gasteiger partial charge in [-0.15, -0.1) is 11.6 Å². The van der Waals surface area contributed by atoms with E-state index in [1.807, 2.05) is 18.2 Å². The molecule has 2 aromatic rings. The first-order valence-corrected chi connectivity index (χ1v) is 6.99. The smallest absolute Gasteiger partial charge is 0.203 e. The van der Waals surface area contributed by atoms with Crippen molar-refractivity contribution in [3.8, 4) is 0 Å². The summed E-state index contributed by atoms with van der Waals surface area (Å²) in [4.78, 5) is 4.62.